The Balaban J connectivity index is 2.12. The molecule has 6 nitrogen and oxygen atoms in total. The van der Waals surface area contributed by atoms with E-state index in [-0.39, 0.29) is 11.7 Å². The first-order valence-electron chi connectivity index (χ1n) is 7.24. The van der Waals surface area contributed by atoms with E-state index < -0.39 is 0 Å². The fourth-order valence-corrected chi connectivity index (χ4v) is 2.09. The molecule has 7 heteroatoms. The number of hydrogen-bond donors (Lipinski definition) is 1. The molecule has 1 amide bonds. The monoisotopic (exact) mass is 321 g/mol. The summed E-state index contributed by atoms with van der Waals surface area (Å²) in [7, 11) is 3.17. The molecule has 0 aliphatic rings. The van der Waals surface area contributed by atoms with Crippen LogP contribution in [0.4, 0.5) is 4.39 Å². The Morgan fingerprint density at radius 1 is 1.17 bits per heavy atom. The highest BCUT2D eigenvalue weighted by Crippen LogP contribution is 2.18. The van der Waals surface area contributed by atoms with Gasteiger partial charge in [0.1, 0.15) is 11.5 Å². The summed E-state index contributed by atoms with van der Waals surface area (Å²) < 4.78 is 23.0. The summed E-state index contributed by atoms with van der Waals surface area (Å²) in [5, 5.41) is 6.86. The van der Waals surface area contributed by atoms with Crippen LogP contribution in [0, 0.1) is 5.82 Å². The SMILES string of the molecule is COCCN(CCOC)C(=O)c1cc(-c2ccc(F)cc2)n[nH]1. The van der Waals surface area contributed by atoms with Crippen LogP contribution in [0.15, 0.2) is 30.3 Å². The second-order valence-electron chi connectivity index (χ2n) is 4.95. The Hall–Kier alpha value is -2.25. The average molecular weight is 321 g/mol. The van der Waals surface area contributed by atoms with E-state index in [0.717, 1.165) is 5.56 Å². The first-order chi connectivity index (χ1) is 11.2. The van der Waals surface area contributed by atoms with Crippen molar-refractivity contribution in [2.75, 3.05) is 40.5 Å². The Morgan fingerprint density at radius 3 is 2.35 bits per heavy atom. The molecular formula is C16H20FN3O3. The van der Waals surface area contributed by atoms with Gasteiger partial charge in [-0.1, -0.05) is 0 Å². The first-order valence-corrected chi connectivity index (χ1v) is 7.24. The number of nitrogens with zero attached hydrogens (tertiary/aromatic N) is 2. The Labute approximate surface area is 134 Å². The number of hydrogen-bond acceptors (Lipinski definition) is 4. The summed E-state index contributed by atoms with van der Waals surface area (Å²) in [5.41, 5.74) is 1.70. The zero-order valence-electron chi connectivity index (χ0n) is 13.2. The molecule has 0 bridgehead atoms. The van der Waals surface area contributed by atoms with Crippen molar-refractivity contribution in [2.45, 2.75) is 0 Å². The first kappa shape index (κ1) is 17.1. The van der Waals surface area contributed by atoms with Crippen molar-refractivity contribution < 1.29 is 18.7 Å². The predicted octanol–water partition coefficient (Wildman–Crippen LogP) is 1.95. The lowest BCUT2D eigenvalue weighted by Gasteiger charge is -2.21. The zero-order valence-corrected chi connectivity index (χ0v) is 13.2. The lowest BCUT2D eigenvalue weighted by Crippen LogP contribution is -2.36. The van der Waals surface area contributed by atoms with Crippen molar-refractivity contribution in [1.82, 2.24) is 15.1 Å². The summed E-state index contributed by atoms with van der Waals surface area (Å²) in [5.74, 6) is -0.495. The van der Waals surface area contributed by atoms with Gasteiger partial charge in [0, 0.05) is 32.9 Å². The fraction of sp³-hybridized carbons (Fsp3) is 0.375. The molecule has 2 rings (SSSR count). The van der Waals surface area contributed by atoms with Crippen LogP contribution >= 0.6 is 0 Å². The number of carbonyl (C=O) groups excluding carboxylic acids is 1. The van der Waals surface area contributed by atoms with Crippen molar-refractivity contribution >= 4 is 5.91 Å². The van der Waals surface area contributed by atoms with E-state index in [1.165, 1.54) is 12.1 Å². The molecule has 124 valence electrons. The van der Waals surface area contributed by atoms with Gasteiger partial charge in [0.25, 0.3) is 5.91 Å². The Kier molecular flexibility index (Phi) is 6.25. The predicted molar refractivity (Wildman–Crippen MR) is 83.6 cm³/mol. The highest BCUT2D eigenvalue weighted by Gasteiger charge is 2.18. The fourth-order valence-electron chi connectivity index (χ4n) is 2.09. The molecule has 2 aromatic rings. The van der Waals surface area contributed by atoms with Crippen LogP contribution in [0.3, 0.4) is 0 Å². The molecule has 0 unspecified atom stereocenters. The molecule has 0 aliphatic carbocycles. The molecule has 1 N–H and O–H groups in total. The van der Waals surface area contributed by atoms with Crippen molar-refractivity contribution in [2.24, 2.45) is 0 Å². The summed E-state index contributed by atoms with van der Waals surface area (Å²) >= 11 is 0. The number of aromatic nitrogens is 2. The zero-order chi connectivity index (χ0) is 16.7. The summed E-state index contributed by atoms with van der Waals surface area (Å²) in [4.78, 5) is 14.2. The van der Waals surface area contributed by atoms with Crippen LogP contribution in [0.1, 0.15) is 10.5 Å². The minimum absolute atomic E-state index is 0.181. The number of amides is 1. The van der Waals surface area contributed by atoms with E-state index in [9.17, 15) is 9.18 Å². The Bertz CT molecular complexity index is 620. The van der Waals surface area contributed by atoms with Gasteiger partial charge >= 0.3 is 0 Å². The van der Waals surface area contributed by atoms with Crippen LogP contribution < -0.4 is 0 Å². The number of rotatable bonds is 8. The summed E-state index contributed by atoms with van der Waals surface area (Å²) in [6.45, 7) is 1.80. The summed E-state index contributed by atoms with van der Waals surface area (Å²) in [6, 6.07) is 7.60. The lowest BCUT2D eigenvalue weighted by atomic mass is 10.1. The van der Waals surface area contributed by atoms with Gasteiger partial charge in [0.2, 0.25) is 0 Å². The molecule has 0 spiro atoms. The third kappa shape index (κ3) is 4.61. The van der Waals surface area contributed by atoms with Crippen LogP contribution in [-0.2, 0) is 9.47 Å². The Morgan fingerprint density at radius 2 is 1.78 bits per heavy atom. The normalized spacial score (nSPS) is 10.7. The number of carbonyl (C=O) groups is 1. The van der Waals surface area contributed by atoms with Crippen molar-refractivity contribution in [1.29, 1.82) is 0 Å². The van der Waals surface area contributed by atoms with Crippen molar-refractivity contribution in [3.63, 3.8) is 0 Å². The number of benzene rings is 1. The third-order valence-electron chi connectivity index (χ3n) is 3.37. The number of ether oxygens (including phenoxy) is 2. The van der Waals surface area contributed by atoms with Gasteiger partial charge in [0.15, 0.2) is 0 Å². The topological polar surface area (TPSA) is 67.5 Å². The van der Waals surface area contributed by atoms with Crippen LogP contribution in [0.2, 0.25) is 0 Å². The van der Waals surface area contributed by atoms with Crippen LogP contribution in [0.25, 0.3) is 11.3 Å². The maximum absolute atomic E-state index is 13.0. The maximum Gasteiger partial charge on any atom is 0.272 e. The van der Waals surface area contributed by atoms with E-state index in [4.69, 9.17) is 9.47 Å². The van der Waals surface area contributed by atoms with E-state index in [2.05, 4.69) is 10.2 Å². The average Bonchev–Trinajstić information content (AvgIpc) is 3.05. The van der Waals surface area contributed by atoms with E-state index in [0.29, 0.717) is 37.7 Å². The molecule has 1 aromatic carbocycles. The number of halogens is 1. The molecule has 0 saturated heterocycles. The van der Waals surface area contributed by atoms with Gasteiger partial charge in [-0.15, -0.1) is 0 Å². The number of methoxy groups -OCH3 is 2. The van der Waals surface area contributed by atoms with Gasteiger partial charge in [-0.2, -0.15) is 5.10 Å². The van der Waals surface area contributed by atoms with Crippen LogP contribution in [-0.4, -0.2) is 61.5 Å². The minimum Gasteiger partial charge on any atom is -0.383 e. The second-order valence-corrected chi connectivity index (χ2v) is 4.95. The van der Waals surface area contributed by atoms with Gasteiger partial charge in [-0.05, 0) is 30.3 Å². The molecule has 0 saturated carbocycles. The van der Waals surface area contributed by atoms with E-state index in [1.807, 2.05) is 0 Å². The maximum atomic E-state index is 13.0. The summed E-state index contributed by atoms with van der Waals surface area (Å²) in [6.07, 6.45) is 0. The highest BCUT2D eigenvalue weighted by atomic mass is 19.1. The molecular weight excluding hydrogens is 301 g/mol. The molecule has 0 aliphatic heterocycles. The number of nitrogens with one attached hydrogen (secondary N) is 1. The minimum atomic E-state index is -0.314. The molecule has 1 heterocycles. The van der Waals surface area contributed by atoms with E-state index >= 15 is 0 Å². The van der Waals surface area contributed by atoms with Gasteiger partial charge in [-0.3, -0.25) is 9.89 Å². The van der Waals surface area contributed by atoms with Crippen LogP contribution in [0.5, 0.6) is 0 Å². The third-order valence-corrected chi connectivity index (χ3v) is 3.37. The quantitative estimate of drug-likeness (QED) is 0.807. The smallest absolute Gasteiger partial charge is 0.272 e. The van der Waals surface area contributed by atoms with Gasteiger partial charge < -0.3 is 14.4 Å². The van der Waals surface area contributed by atoms with Gasteiger partial charge in [-0.25, -0.2) is 4.39 Å². The standard InChI is InChI=1S/C16H20FN3O3/c1-22-9-7-20(8-10-23-2)16(21)15-11-14(18-19-15)12-3-5-13(17)6-4-12/h3-6,11H,7-10H2,1-2H3,(H,18,19). The molecule has 0 atom stereocenters. The molecule has 1 aromatic heterocycles. The number of aromatic amines is 1. The molecule has 0 fully saturated rings. The lowest BCUT2D eigenvalue weighted by molar-refractivity contribution is 0.0622. The van der Waals surface area contributed by atoms with Crippen molar-refractivity contribution in [3.05, 3.63) is 41.8 Å². The number of H-pyrrole nitrogens is 1. The highest BCUT2D eigenvalue weighted by molar-refractivity contribution is 5.93. The largest absolute Gasteiger partial charge is 0.383 e. The molecule has 0 radical (unpaired) electrons. The van der Waals surface area contributed by atoms with Gasteiger partial charge in [0.05, 0.1) is 18.9 Å². The van der Waals surface area contributed by atoms with Crippen molar-refractivity contribution in [3.8, 4) is 11.3 Å². The van der Waals surface area contributed by atoms with E-state index in [1.54, 1.807) is 37.3 Å². The second kappa shape index (κ2) is 8.40. The molecule has 23 heavy (non-hydrogen) atoms.